The van der Waals surface area contributed by atoms with Crippen molar-refractivity contribution in [3.8, 4) is 11.1 Å². The molecular formula is C29H40FN3O4. The van der Waals surface area contributed by atoms with E-state index < -0.39 is 17.7 Å². The Kier molecular flexibility index (Phi) is 8.85. The second kappa shape index (κ2) is 11.9. The molecule has 4 rings (SSSR count). The average molecular weight is 514 g/mol. The number of benzene rings is 2. The molecule has 2 aromatic rings. The van der Waals surface area contributed by atoms with Gasteiger partial charge in [0.05, 0.1) is 11.7 Å². The van der Waals surface area contributed by atoms with Gasteiger partial charge in [-0.05, 0) is 56.2 Å². The van der Waals surface area contributed by atoms with Crippen LogP contribution in [0, 0.1) is 18.7 Å². The lowest BCUT2D eigenvalue weighted by Crippen LogP contribution is -2.52. The molecule has 2 aromatic carbocycles. The van der Waals surface area contributed by atoms with Crippen molar-refractivity contribution < 1.29 is 24.1 Å². The number of carbonyl (C=O) groups excluding carboxylic acids is 1. The molecule has 8 heteroatoms. The Hall–Kier alpha value is -2.52. The smallest absolute Gasteiger partial charge is 0.320 e. The summed E-state index contributed by atoms with van der Waals surface area (Å²) in [6.07, 6.45) is 2.62. The van der Waals surface area contributed by atoms with Crippen molar-refractivity contribution in [2.24, 2.45) is 11.7 Å². The lowest BCUT2D eigenvalue weighted by Gasteiger charge is -2.44. The molecule has 0 aromatic heterocycles. The average Bonchev–Trinajstić information content (AvgIpc) is 3.23. The highest BCUT2D eigenvalue weighted by atomic mass is 19.1. The quantitative estimate of drug-likeness (QED) is 0.468. The molecule has 2 amide bonds. The molecule has 0 saturated carbocycles. The highest BCUT2D eigenvalue weighted by molar-refractivity contribution is 5.75. The Morgan fingerprint density at radius 3 is 2.65 bits per heavy atom. The Bertz CT molecular complexity index is 1070. The molecule has 4 N–H and O–H groups in total. The number of urea groups is 1. The van der Waals surface area contributed by atoms with Crippen LogP contribution in [0.3, 0.4) is 0 Å². The molecule has 0 aliphatic carbocycles. The number of nitrogens with two attached hydrogens (primary N) is 1. The van der Waals surface area contributed by atoms with E-state index in [2.05, 4.69) is 0 Å². The zero-order valence-electron chi connectivity index (χ0n) is 21.9. The fourth-order valence-corrected chi connectivity index (χ4v) is 5.89. The number of carbonyl (C=O) groups is 1. The zero-order valence-corrected chi connectivity index (χ0v) is 21.9. The SMILES string of the molecule is COCCCC[C@@](O)(c1cccc(F)c1-c1cccc(C)c1)C1CCCN(C(=O)N2C[C@@H](N)[C@@H](O)C2)C1. The van der Waals surface area contributed by atoms with Crippen LogP contribution >= 0.6 is 0 Å². The third-order valence-electron chi connectivity index (χ3n) is 7.91. The maximum atomic E-state index is 15.5. The molecule has 0 spiro atoms. The molecule has 2 saturated heterocycles. The molecule has 1 unspecified atom stereocenters. The number of ether oxygens (including phenoxy) is 1. The van der Waals surface area contributed by atoms with Gasteiger partial charge in [-0.15, -0.1) is 0 Å². The van der Waals surface area contributed by atoms with Gasteiger partial charge in [0.1, 0.15) is 5.82 Å². The minimum absolute atomic E-state index is 0.170. The van der Waals surface area contributed by atoms with E-state index in [1.165, 1.54) is 6.07 Å². The van der Waals surface area contributed by atoms with Crippen LogP contribution in [0.4, 0.5) is 9.18 Å². The Morgan fingerprint density at radius 1 is 1.16 bits per heavy atom. The van der Waals surface area contributed by atoms with E-state index in [-0.39, 0.29) is 24.3 Å². The minimum atomic E-state index is -1.34. The highest BCUT2D eigenvalue weighted by Gasteiger charge is 2.44. The Labute approximate surface area is 219 Å². The van der Waals surface area contributed by atoms with Gasteiger partial charge in [-0.1, -0.05) is 42.0 Å². The van der Waals surface area contributed by atoms with Gasteiger partial charge in [-0.2, -0.15) is 0 Å². The van der Waals surface area contributed by atoms with Gasteiger partial charge < -0.3 is 30.5 Å². The number of piperidine rings is 1. The van der Waals surface area contributed by atoms with Crippen LogP contribution in [0.25, 0.3) is 11.1 Å². The molecule has 2 aliphatic rings. The number of hydrogen-bond acceptors (Lipinski definition) is 5. The number of nitrogens with zero attached hydrogens (tertiary/aromatic N) is 2. The van der Waals surface area contributed by atoms with Gasteiger partial charge in [0.2, 0.25) is 0 Å². The first-order valence-electron chi connectivity index (χ1n) is 13.3. The molecular weight excluding hydrogens is 473 g/mol. The fourth-order valence-electron chi connectivity index (χ4n) is 5.89. The maximum absolute atomic E-state index is 15.5. The van der Waals surface area contributed by atoms with Crippen molar-refractivity contribution in [3.05, 3.63) is 59.4 Å². The van der Waals surface area contributed by atoms with Gasteiger partial charge in [-0.3, -0.25) is 0 Å². The second-order valence-corrected chi connectivity index (χ2v) is 10.6. The lowest BCUT2D eigenvalue weighted by molar-refractivity contribution is -0.0573. The van der Waals surface area contributed by atoms with Gasteiger partial charge in [0, 0.05) is 57.4 Å². The first-order valence-corrected chi connectivity index (χ1v) is 13.3. The predicted octanol–water partition coefficient (Wildman–Crippen LogP) is 3.64. The first-order chi connectivity index (χ1) is 17.7. The maximum Gasteiger partial charge on any atom is 0.320 e. The summed E-state index contributed by atoms with van der Waals surface area (Å²) in [5, 5.41) is 22.5. The van der Waals surface area contributed by atoms with Gasteiger partial charge in [0.25, 0.3) is 0 Å². The summed E-state index contributed by atoms with van der Waals surface area (Å²) >= 11 is 0. The molecule has 2 heterocycles. The minimum Gasteiger partial charge on any atom is -0.390 e. The van der Waals surface area contributed by atoms with Crippen molar-refractivity contribution in [2.45, 2.75) is 56.8 Å². The van der Waals surface area contributed by atoms with E-state index in [1.807, 2.05) is 37.3 Å². The molecule has 0 radical (unpaired) electrons. The van der Waals surface area contributed by atoms with Crippen molar-refractivity contribution in [3.63, 3.8) is 0 Å². The van der Waals surface area contributed by atoms with E-state index in [0.29, 0.717) is 50.2 Å². The number of halogens is 1. The second-order valence-electron chi connectivity index (χ2n) is 10.6. The largest absolute Gasteiger partial charge is 0.390 e. The normalized spacial score (nSPS) is 23.8. The van der Waals surface area contributed by atoms with Crippen molar-refractivity contribution in [1.82, 2.24) is 9.80 Å². The van der Waals surface area contributed by atoms with Gasteiger partial charge in [0.15, 0.2) is 0 Å². The summed E-state index contributed by atoms with van der Waals surface area (Å²) < 4.78 is 20.7. The predicted molar refractivity (Wildman–Crippen MR) is 141 cm³/mol. The van der Waals surface area contributed by atoms with Gasteiger partial charge in [-0.25, -0.2) is 9.18 Å². The third kappa shape index (κ3) is 5.98. The number of β-amino-alcohol motifs (C(OH)–C–C–N with tert-alkyl or cyclic N) is 1. The van der Waals surface area contributed by atoms with Crippen molar-refractivity contribution >= 4 is 6.03 Å². The van der Waals surface area contributed by atoms with Crippen molar-refractivity contribution in [2.75, 3.05) is 39.9 Å². The number of likely N-dealkylation sites (tertiary alicyclic amines) is 2. The van der Waals surface area contributed by atoms with Crippen LogP contribution in [-0.2, 0) is 10.3 Å². The fraction of sp³-hybridized carbons (Fsp3) is 0.552. The topological polar surface area (TPSA) is 99.3 Å². The molecule has 202 valence electrons. The number of amides is 2. The number of rotatable bonds is 8. The number of aliphatic hydroxyl groups is 2. The number of unbranched alkanes of at least 4 members (excludes halogenated alkanes) is 1. The van der Waals surface area contributed by atoms with Crippen LogP contribution < -0.4 is 5.73 Å². The number of aliphatic hydroxyl groups excluding tert-OH is 1. The van der Waals surface area contributed by atoms with Crippen LogP contribution in [-0.4, -0.2) is 78.1 Å². The van der Waals surface area contributed by atoms with E-state index in [9.17, 15) is 15.0 Å². The molecule has 2 aliphatic heterocycles. The van der Waals surface area contributed by atoms with Crippen molar-refractivity contribution in [1.29, 1.82) is 0 Å². The molecule has 37 heavy (non-hydrogen) atoms. The summed E-state index contributed by atoms with van der Waals surface area (Å²) in [5.41, 5.74) is 7.31. The molecule has 2 fully saturated rings. The standard InChI is InChI=1S/C29H40FN3O4/c1-20-8-5-9-21(16-20)27-23(11-6-12-24(27)30)29(36,13-3-4-15-37-2)22-10-7-14-32(17-22)28(35)33-18-25(31)26(34)19-33/h5-6,8-9,11-12,16,22,25-26,34,36H,3-4,7,10,13-15,17-19,31H2,1-2H3/t22?,25-,26+,29+/m1/s1. The summed E-state index contributed by atoms with van der Waals surface area (Å²) in [5.74, 6) is -0.651. The summed E-state index contributed by atoms with van der Waals surface area (Å²) in [7, 11) is 1.65. The number of methoxy groups -OCH3 is 1. The number of aryl methyl sites for hydroxylation is 1. The van der Waals surface area contributed by atoms with Gasteiger partial charge >= 0.3 is 6.03 Å². The third-order valence-corrected chi connectivity index (χ3v) is 7.91. The Balaban J connectivity index is 1.68. The first kappa shape index (κ1) is 27.5. The summed E-state index contributed by atoms with van der Waals surface area (Å²) in [6.45, 7) is 3.99. The lowest BCUT2D eigenvalue weighted by atomic mass is 9.72. The monoisotopic (exact) mass is 513 g/mol. The Morgan fingerprint density at radius 2 is 1.95 bits per heavy atom. The van der Waals surface area contributed by atoms with Crippen LogP contribution in [0.15, 0.2) is 42.5 Å². The van der Waals surface area contributed by atoms with E-state index in [4.69, 9.17) is 10.5 Å². The summed E-state index contributed by atoms with van der Waals surface area (Å²) in [6, 6.07) is 12.0. The number of hydrogen-bond donors (Lipinski definition) is 3. The molecule has 0 bridgehead atoms. The van der Waals surface area contributed by atoms with Crippen LogP contribution in [0.5, 0.6) is 0 Å². The van der Waals surface area contributed by atoms with Crippen LogP contribution in [0.2, 0.25) is 0 Å². The van der Waals surface area contributed by atoms with E-state index in [1.54, 1.807) is 23.0 Å². The molecule has 4 atom stereocenters. The molecule has 7 nitrogen and oxygen atoms in total. The van der Waals surface area contributed by atoms with E-state index in [0.717, 1.165) is 30.4 Å². The van der Waals surface area contributed by atoms with E-state index >= 15 is 4.39 Å². The summed E-state index contributed by atoms with van der Waals surface area (Å²) in [4.78, 5) is 16.7. The highest BCUT2D eigenvalue weighted by Crippen LogP contribution is 2.44. The van der Waals surface area contributed by atoms with Crippen LogP contribution in [0.1, 0.15) is 43.2 Å². The zero-order chi connectivity index (χ0) is 26.6.